The summed E-state index contributed by atoms with van der Waals surface area (Å²) in [5.74, 6) is 3.86. The summed E-state index contributed by atoms with van der Waals surface area (Å²) in [6.07, 6.45) is 21.4. The zero-order valence-electron chi connectivity index (χ0n) is 25.0. The van der Waals surface area contributed by atoms with E-state index in [1.807, 2.05) is 11.6 Å². The molecule has 0 radical (unpaired) electrons. The van der Waals surface area contributed by atoms with Crippen molar-refractivity contribution in [3.63, 3.8) is 0 Å². The molecule has 0 bridgehead atoms. The lowest BCUT2D eigenvalue weighted by Gasteiger charge is -2.58. The number of aromatic nitrogens is 3. The average molecular weight is 532 g/mol. The van der Waals surface area contributed by atoms with Crippen molar-refractivity contribution >= 4 is 6.08 Å². The van der Waals surface area contributed by atoms with E-state index in [0.717, 1.165) is 40.4 Å². The highest BCUT2D eigenvalue weighted by molar-refractivity contribution is 5.67. The summed E-state index contributed by atoms with van der Waals surface area (Å²) >= 11 is 0. The van der Waals surface area contributed by atoms with Crippen LogP contribution in [-0.2, 0) is 20.5 Å². The predicted molar refractivity (Wildman–Crippen MR) is 159 cm³/mol. The molecule has 0 aromatic carbocycles. The molecule has 4 aliphatic carbocycles. The highest BCUT2D eigenvalue weighted by Gasteiger charge is 2.58. The van der Waals surface area contributed by atoms with Crippen molar-refractivity contribution in [1.82, 2.24) is 14.1 Å². The highest BCUT2D eigenvalue weighted by Crippen LogP contribution is 2.67. The lowest BCUT2D eigenvalue weighted by atomic mass is 9.46. The Morgan fingerprint density at radius 1 is 0.949 bits per heavy atom. The standard InChI is InChI=1S/C34H49N3O2/c1-6-7-8-9-10-11-12-23-14-16-27-25-15-13-24-20-29-22(21-34(24,3)28(25)17-18-33(23,27)2)19-26-30(36(29)4)35-32(39)37(5)31(26)38/h19-20,23,25,27-28H,6-18,21H2,1-5H3/t23-,25-,27-,28-,33+,34-/m0/s1. The molecule has 3 fully saturated rings. The second kappa shape index (κ2) is 10.0. The zero-order valence-corrected chi connectivity index (χ0v) is 25.0. The molecule has 6 atom stereocenters. The van der Waals surface area contributed by atoms with Crippen molar-refractivity contribution in [3.05, 3.63) is 43.7 Å². The second-order valence-corrected chi connectivity index (χ2v) is 14.2. The van der Waals surface area contributed by atoms with Crippen LogP contribution in [0.1, 0.15) is 115 Å². The Bertz CT molecular complexity index is 1370. The van der Waals surface area contributed by atoms with Crippen LogP contribution in [0.4, 0.5) is 0 Å². The lowest BCUT2D eigenvalue weighted by molar-refractivity contribution is -0.0478. The van der Waals surface area contributed by atoms with Gasteiger partial charge in [-0.1, -0.05) is 64.9 Å². The number of pyridine rings is 1. The summed E-state index contributed by atoms with van der Waals surface area (Å²) in [5, 5.41) is 0. The van der Waals surface area contributed by atoms with Gasteiger partial charge in [-0.2, -0.15) is 4.98 Å². The van der Waals surface area contributed by atoms with Crippen LogP contribution in [0.25, 0.3) is 17.5 Å². The van der Waals surface area contributed by atoms with Gasteiger partial charge in [0.15, 0.2) is 5.82 Å². The predicted octanol–water partition coefficient (Wildman–Crippen LogP) is 7.13. The first-order valence-electron chi connectivity index (χ1n) is 16.0. The van der Waals surface area contributed by atoms with E-state index in [4.69, 9.17) is 0 Å². The molecule has 2 heterocycles. The SMILES string of the molecule is CCCCCCCC[C@H]1CC[C@H]2[C@@H]3CCC4=Cc5c(cc6c(=O)n(C)c(=O)nc-6n5C)C[C@]4(C)[C@H]3CC[C@]12C. The first-order chi connectivity index (χ1) is 18.7. The maximum absolute atomic E-state index is 13.0. The first kappa shape index (κ1) is 27.0. The normalized spacial score (nSPS) is 33.3. The molecule has 5 nitrogen and oxygen atoms in total. The number of unbranched alkanes of at least 4 members (excludes halogenated alkanes) is 5. The molecule has 0 amide bonds. The van der Waals surface area contributed by atoms with E-state index in [1.165, 1.54) is 96.1 Å². The van der Waals surface area contributed by atoms with E-state index in [0.29, 0.717) is 16.8 Å². The Hall–Kier alpha value is -2.17. The van der Waals surface area contributed by atoms with Crippen molar-refractivity contribution in [1.29, 1.82) is 0 Å². The molecule has 0 spiro atoms. The minimum atomic E-state index is -0.478. The summed E-state index contributed by atoms with van der Waals surface area (Å²) in [7, 11) is 3.49. The van der Waals surface area contributed by atoms with Crippen LogP contribution in [-0.4, -0.2) is 14.1 Å². The van der Waals surface area contributed by atoms with Crippen molar-refractivity contribution in [2.45, 2.75) is 111 Å². The van der Waals surface area contributed by atoms with Gasteiger partial charge in [0.2, 0.25) is 0 Å². The number of fused-ring (bicyclic) bond motifs is 7. The van der Waals surface area contributed by atoms with Gasteiger partial charge in [0.25, 0.3) is 5.56 Å². The second-order valence-electron chi connectivity index (χ2n) is 14.2. The highest BCUT2D eigenvalue weighted by atomic mass is 16.2. The first-order valence-corrected chi connectivity index (χ1v) is 16.0. The van der Waals surface area contributed by atoms with Crippen LogP contribution in [0.15, 0.2) is 21.2 Å². The largest absolute Gasteiger partial charge is 0.352 e. The van der Waals surface area contributed by atoms with E-state index in [-0.39, 0.29) is 11.0 Å². The summed E-state index contributed by atoms with van der Waals surface area (Å²) < 4.78 is 3.13. The fourth-order valence-corrected chi connectivity index (χ4v) is 10.0. The van der Waals surface area contributed by atoms with Gasteiger partial charge in [0, 0.05) is 19.8 Å². The molecule has 6 aliphatic rings. The number of nitrogens with zero attached hydrogens (tertiary/aromatic N) is 3. The minimum Gasteiger partial charge on any atom is -0.328 e. The van der Waals surface area contributed by atoms with E-state index >= 15 is 0 Å². The van der Waals surface area contributed by atoms with Crippen LogP contribution in [0.2, 0.25) is 0 Å². The van der Waals surface area contributed by atoms with Gasteiger partial charge in [-0.3, -0.25) is 9.36 Å². The maximum atomic E-state index is 13.0. The third-order valence-electron chi connectivity index (χ3n) is 12.3. The Morgan fingerprint density at radius 3 is 2.51 bits per heavy atom. The van der Waals surface area contributed by atoms with Gasteiger partial charge in [-0.05, 0) is 104 Å². The number of rotatable bonds is 7. The third kappa shape index (κ3) is 4.20. The Morgan fingerprint density at radius 2 is 1.72 bits per heavy atom. The van der Waals surface area contributed by atoms with Crippen LogP contribution in [0.5, 0.6) is 0 Å². The van der Waals surface area contributed by atoms with Crippen LogP contribution in [0, 0.1) is 34.5 Å². The zero-order chi connectivity index (χ0) is 27.5. The van der Waals surface area contributed by atoms with Crippen molar-refractivity contribution in [3.8, 4) is 11.4 Å². The summed E-state index contributed by atoms with van der Waals surface area (Å²) in [5.41, 5.74) is 4.51. The molecule has 0 N–H and O–H groups in total. The molecular formula is C34H49N3O2. The molecule has 0 saturated heterocycles. The molecular weight excluding hydrogens is 482 g/mol. The van der Waals surface area contributed by atoms with E-state index in [9.17, 15) is 9.59 Å². The summed E-state index contributed by atoms with van der Waals surface area (Å²) in [6.45, 7) is 7.51. The number of allylic oxidation sites excluding steroid dienone is 1. The monoisotopic (exact) mass is 531 g/mol. The van der Waals surface area contributed by atoms with Gasteiger partial charge in [-0.15, -0.1) is 0 Å². The molecule has 2 aliphatic heterocycles. The fourth-order valence-electron chi connectivity index (χ4n) is 10.0. The van der Waals surface area contributed by atoms with Gasteiger partial charge in [0.05, 0.1) is 5.56 Å². The Labute approximate surface area is 234 Å². The van der Waals surface area contributed by atoms with E-state index in [1.54, 1.807) is 5.57 Å². The summed E-state index contributed by atoms with van der Waals surface area (Å²) in [4.78, 5) is 29.6. The fraction of sp³-hybridized carbons (Fsp3) is 0.735. The lowest BCUT2D eigenvalue weighted by Crippen LogP contribution is -2.51. The minimum absolute atomic E-state index is 0.159. The molecule has 0 aromatic rings. The van der Waals surface area contributed by atoms with Gasteiger partial charge in [0.1, 0.15) is 0 Å². The quantitative estimate of drug-likeness (QED) is 0.357. The van der Waals surface area contributed by atoms with Crippen molar-refractivity contribution < 1.29 is 0 Å². The Balaban J connectivity index is 1.25. The average Bonchev–Trinajstić information content (AvgIpc) is 3.25. The van der Waals surface area contributed by atoms with Gasteiger partial charge in [-0.25, -0.2) is 4.79 Å². The molecule has 0 aromatic heterocycles. The molecule has 3 saturated carbocycles. The van der Waals surface area contributed by atoms with Crippen LogP contribution < -0.4 is 11.2 Å². The molecule has 0 unspecified atom stereocenters. The van der Waals surface area contributed by atoms with Crippen molar-refractivity contribution in [2.75, 3.05) is 0 Å². The Kier molecular flexibility index (Phi) is 6.95. The van der Waals surface area contributed by atoms with Crippen LogP contribution in [0.3, 0.4) is 0 Å². The smallest absolute Gasteiger partial charge is 0.328 e. The number of hydrogen-bond acceptors (Lipinski definition) is 3. The molecule has 5 heteroatoms. The number of hydrogen-bond donors (Lipinski definition) is 0. The van der Waals surface area contributed by atoms with Crippen molar-refractivity contribution in [2.24, 2.45) is 48.6 Å². The summed E-state index contributed by atoms with van der Waals surface area (Å²) in [6, 6.07) is 2.06. The van der Waals surface area contributed by atoms with Gasteiger partial charge >= 0.3 is 5.69 Å². The molecule has 6 rings (SSSR count). The third-order valence-corrected chi connectivity index (χ3v) is 12.3. The van der Waals surface area contributed by atoms with E-state index < -0.39 is 5.69 Å². The van der Waals surface area contributed by atoms with Crippen LogP contribution >= 0.6 is 0 Å². The molecule has 212 valence electrons. The topological polar surface area (TPSA) is 56.9 Å². The molecule has 39 heavy (non-hydrogen) atoms. The maximum Gasteiger partial charge on any atom is 0.352 e. The van der Waals surface area contributed by atoms with E-state index in [2.05, 4.69) is 37.9 Å². The van der Waals surface area contributed by atoms with Gasteiger partial charge < -0.3 is 4.57 Å².